The average Bonchev–Trinajstić information content (AvgIpc) is 3.76. The number of nitrogens with one attached hydrogen (secondary N) is 1. The Labute approximate surface area is 372 Å². The minimum absolute atomic E-state index is 0.0366. The Morgan fingerprint density at radius 2 is 1.10 bits per heavy atom. The Kier molecular flexibility index (Phi) is 13.2. The van der Waals surface area contributed by atoms with Gasteiger partial charge >= 0.3 is 26.5 Å². The lowest BCUT2D eigenvalue weighted by Crippen LogP contribution is -2.40. The first-order valence-corrected chi connectivity index (χ1v) is 24.8. The first-order valence-electron chi connectivity index (χ1n) is 22.1. The van der Waals surface area contributed by atoms with Gasteiger partial charge in [0.2, 0.25) is 0 Å². The molecule has 2 saturated heterocycles. The highest BCUT2D eigenvalue weighted by Crippen LogP contribution is 2.35. The zero-order valence-electron chi connectivity index (χ0n) is 38.2. The van der Waals surface area contributed by atoms with Crippen LogP contribution < -0.4 is 5.32 Å². The molecule has 4 aliphatic rings. The Balaban J connectivity index is 0.000000193. The molecule has 0 saturated carbocycles. The number of benzene rings is 2. The van der Waals surface area contributed by atoms with Crippen molar-refractivity contribution in [3.8, 4) is 0 Å². The second kappa shape index (κ2) is 17.8. The van der Waals surface area contributed by atoms with E-state index in [9.17, 15) is 31.2 Å². The highest BCUT2D eigenvalue weighted by molar-refractivity contribution is 7.88. The Hall–Kier alpha value is -4.49. The predicted octanol–water partition coefficient (Wildman–Crippen LogP) is 5.27. The van der Waals surface area contributed by atoms with E-state index in [-0.39, 0.29) is 18.4 Å². The molecule has 63 heavy (non-hydrogen) atoms. The summed E-state index contributed by atoms with van der Waals surface area (Å²) in [6.07, 6.45) is 4.59. The van der Waals surface area contributed by atoms with Crippen LogP contribution in [0.5, 0.6) is 0 Å². The molecule has 8 rings (SSSR count). The second-order valence-corrected chi connectivity index (χ2v) is 22.9. The smallest absolute Gasteiger partial charge is 0.410 e. The van der Waals surface area contributed by atoms with E-state index >= 15 is 0 Å². The molecule has 2 aromatic carbocycles. The molecule has 6 heterocycles. The van der Waals surface area contributed by atoms with Crippen molar-refractivity contribution in [2.24, 2.45) is 11.8 Å². The van der Waals surface area contributed by atoms with Gasteiger partial charge in [0.25, 0.3) is 11.8 Å². The molecule has 2 fully saturated rings. The Morgan fingerprint density at radius 1 is 0.651 bits per heavy atom. The van der Waals surface area contributed by atoms with Gasteiger partial charge in [-0.3, -0.25) is 9.59 Å². The predicted molar refractivity (Wildman–Crippen MR) is 244 cm³/mol. The van der Waals surface area contributed by atoms with Crippen LogP contribution in [0.15, 0.2) is 36.4 Å². The topological polar surface area (TPSA) is 167 Å². The third-order valence-electron chi connectivity index (χ3n) is 12.7. The molecule has 4 aliphatic heterocycles. The van der Waals surface area contributed by atoms with Crippen molar-refractivity contribution < 1.29 is 36.0 Å². The van der Waals surface area contributed by atoms with Gasteiger partial charge in [-0.1, -0.05) is 13.8 Å². The minimum atomic E-state index is -3.81. The SMILES string of the molecule is CC1CCN(C(=O)c2ccc3c(c2)c2c(n3S(=O)(=O)N(C)C)CCN(C(=O)OC(C)(C)C)C2)CC1.CC1CCN(C(=O)c2ccc3c(c2)c2c(n3S(=O)(=O)N(C)C)CCNC2)CC1. The third kappa shape index (κ3) is 9.24. The summed E-state index contributed by atoms with van der Waals surface area (Å²) in [6, 6.07) is 10.6. The number of rotatable bonds is 6. The Bertz CT molecular complexity index is 2630. The van der Waals surface area contributed by atoms with Crippen molar-refractivity contribution in [3.05, 3.63) is 70.0 Å². The van der Waals surface area contributed by atoms with Gasteiger partial charge in [0, 0.05) is 126 Å². The molecule has 0 aliphatic carbocycles. The number of carbonyl (C=O) groups is 3. The average molecular weight is 909 g/mol. The summed E-state index contributed by atoms with van der Waals surface area (Å²) in [5, 5.41) is 4.85. The van der Waals surface area contributed by atoms with E-state index < -0.39 is 32.1 Å². The first-order chi connectivity index (χ1) is 29.6. The van der Waals surface area contributed by atoms with Gasteiger partial charge in [-0.05, 0) is 100 Å². The van der Waals surface area contributed by atoms with E-state index in [1.54, 1.807) is 49.3 Å². The highest BCUT2D eigenvalue weighted by atomic mass is 32.2. The summed E-state index contributed by atoms with van der Waals surface area (Å²) in [6.45, 7) is 14.8. The lowest BCUT2D eigenvalue weighted by Gasteiger charge is -2.31. The molecule has 0 atom stereocenters. The number of carbonyl (C=O) groups excluding carboxylic acids is 3. The van der Waals surface area contributed by atoms with Gasteiger partial charge in [0.15, 0.2) is 0 Å². The van der Waals surface area contributed by atoms with Crippen LogP contribution in [0.2, 0.25) is 0 Å². The van der Waals surface area contributed by atoms with Crippen molar-refractivity contribution >= 4 is 60.1 Å². The fourth-order valence-corrected chi connectivity index (χ4v) is 11.4. The lowest BCUT2D eigenvalue weighted by atomic mass is 9.98. The van der Waals surface area contributed by atoms with Crippen LogP contribution in [0.3, 0.4) is 0 Å². The standard InChI is InChI=1S/C25H36N4O5S.C20H28N4O3S/c1-17-9-12-27(13-10-17)23(30)18-7-8-21-19(15-18)20-16-28(24(31)34-25(2,3)4)14-11-22(20)29(21)35(32,33)26(5)6;1-14-7-10-23(11-8-14)20(25)15-4-5-18-16(12-15)17-13-21-9-6-19(17)24(18)28(26,27)22(2)3/h7-8,15,17H,9-14,16H2,1-6H3;4-5,12,14,21H,6-11,13H2,1-3H3. The van der Waals surface area contributed by atoms with E-state index in [1.165, 1.54) is 30.7 Å². The van der Waals surface area contributed by atoms with Gasteiger partial charge in [0.1, 0.15) is 5.60 Å². The number of hydrogen-bond donors (Lipinski definition) is 1. The molecule has 344 valence electrons. The van der Waals surface area contributed by atoms with Crippen LogP contribution in [0.4, 0.5) is 4.79 Å². The molecule has 0 bridgehead atoms. The minimum Gasteiger partial charge on any atom is -0.444 e. The summed E-state index contributed by atoms with van der Waals surface area (Å²) < 4.78 is 63.3. The maximum atomic E-state index is 13.3. The quantitative estimate of drug-likeness (QED) is 0.271. The summed E-state index contributed by atoms with van der Waals surface area (Å²) in [7, 11) is -1.35. The summed E-state index contributed by atoms with van der Waals surface area (Å²) >= 11 is 0. The molecule has 1 N–H and O–H groups in total. The van der Waals surface area contributed by atoms with Crippen LogP contribution in [-0.2, 0) is 51.1 Å². The Morgan fingerprint density at radius 3 is 1.54 bits per heavy atom. The molecule has 18 heteroatoms. The van der Waals surface area contributed by atoms with Gasteiger partial charge in [0.05, 0.1) is 17.6 Å². The van der Waals surface area contributed by atoms with E-state index in [4.69, 9.17) is 4.74 Å². The van der Waals surface area contributed by atoms with Crippen LogP contribution in [0.1, 0.15) is 104 Å². The molecule has 16 nitrogen and oxygen atoms in total. The van der Waals surface area contributed by atoms with Crippen molar-refractivity contribution in [2.45, 2.75) is 91.8 Å². The van der Waals surface area contributed by atoms with Crippen LogP contribution in [0.25, 0.3) is 21.8 Å². The van der Waals surface area contributed by atoms with Gasteiger partial charge in [-0.15, -0.1) is 0 Å². The van der Waals surface area contributed by atoms with Crippen molar-refractivity contribution in [1.82, 2.24) is 36.6 Å². The summed E-state index contributed by atoms with van der Waals surface area (Å²) in [5.41, 5.74) is 4.87. The van der Waals surface area contributed by atoms with Crippen molar-refractivity contribution in [1.29, 1.82) is 0 Å². The normalized spacial score (nSPS) is 18.1. The molecule has 2 aromatic heterocycles. The number of ether oxygens (including phenoxy) is 1. The second-order valence-electron chi connectivity index (χ2n) is 19.0. The number of nitrogens with zero attached hydrogens (tertiary/aromatic N) is 7. The highest BCUT2D eigenvalue weighted by Gasteiger charge is 2.35. The zero-order chi connectivity index (χ0) is 45.8. The van der Waals surface area contributed by atoms with Gasteiger partial charge in [-0.25, -0.2) is 12.7 Å². The number of hydrogen-bond acceptors (Lipinski definition) is 9. The number of fused-ring (bicyclic) bond motifs is 6. The zero-order valence-corrected chi connectivity index (χ0v) is 39.9. The van der Waals surface area contributed by atoms with Crippen LogP contribution in [0, 0.1) is 11.8 Å². The summed E-state index contributed by atoms with van der Waals surface area (Å²) in [4.78, 5) is 44.4. The number of likely N-dealkylation sites (tertiary alicyclic amines) is 2. The van der Waals surface area contributed by atoms with Crippen molar-refractivity contribution in [2.75, 3.05) is 67.5 Å². The van der Waals surface area contributed by atoms with Crippen molar-refractivity contribution in [3.63, 3.8) is 0 Å². The maximum Gasteiger partial charge on any atom is 0.410 e. The van der Waals surface area contributed by atoms with E-state index in [1.807, 2.05) is 36.6 Å². The summed E-state index contributed by atoms with van der Waals surface area (Å²) in [5.74, 6) is 1.26. The fraction of sp³-hybridized carbons (Fsp3) is 0.578. The molecule has 0 spiro atoms. The number of amides is 3. The lowest BCUT2D eigenvalue weighted by molar-refractivity contribution is 0.0223. The largest absolute Gasteiger partial charge is 0.444 e. The maximum absolute atomic E-state index is 13.3. The third-order valence-corrected chi connectivity index (χ3v) is 16.4. The number of piperidine rings is 2. The van der Waals surface area contributed by atoms with E-state index in [2.05, 4.69) is 19.2 Å². The molecule has 0 unspecified atom stereocenters. The monoisotopic (exact) mass is 908 g/mol. The van der Waals surface area contributed by atoms with Gasteiger partial charge < -0.3 is 24.8 Å². The van der Waals surface area contributed by atoms with Crippen LogP contribution in [-0.4, -0.2) is 139 Å². The van der Waals surface area contributed by atoms with E-state index in [0.717, 1.165) is 80.6 Å². The van der Waals surface area contributed by atoms with Gasteiger partial charge in [-0.2, -0.15) is 25.4 Å². The fourth-order valence-electron chi connectivity index (χ4n) is 8.96. The molecular formula is C45H64N8O8S2. The molecule has 0 radical (unpaired) electrons. The number of aromatic nitrogens is 2. The molecule has 4 aromatic rings. The van der Waals surface area contributed by atoms with E-state index in [0.29, 0.717) is 71.0 Å². The van der Waals surface area contributed by atoms with Crippen LogP contribution >= 0.6 is 0 Å². The first kappa shape index (κ1) is 46.5. The molecule has 3 amide bonds. The molecular weight excluding hydrogens is 845 g/mol.